The Kier molecular flexibility index (Phi) is 6.42. The summed E-state index contributed by atoms with van der Waals surface area (Å²) in [6, 6.07) is 9.30. The van der Waals surface area contributed by atoms with Gasteiger partial charge in [-0.05, 0) is 48.5 Å². The minimum atomic E-state index is -0.459. The topological polar surface area (TPSA) is 165 Å². The monoisotopic (exact) mass is 522 g/mol. The molecule has 1 aromatic heterocycles. The molecule has 0 radical (unpaired) electrons. The summed E-state index contributed by atoms with van der Waals surface area (Å²) in [5, 5.41) is 47.3. The van der Waals surface area contributed by atoms with Crippen molar-refractivity contribution in [2.75, 3.05) is 5.32 Å². The van der Waals surface area contributed by atoms with Gasteiger partial charge >= 0.3 is 0 Å². The number of benzene rings is 2. The molecule has 2 aliphatic rings. The van der Waals surface area contributed by atoms with Gasteiger partial charge in [-0.2, -0.15) is 4.37 Å². The molecule has 0 saturated heterocycles. The fraction of sp³-hybridized carbons (Fsp3) is 0.320. The number of aromatic hydroxyl groups is 2. The Balaban J connectivity index is 1.29. The zero-order valence-electron chi connectivity index (χ0n) is 20.0. The zero-order valence-corrected chi connectivity index (χ0v) is 20.8. The van der Waals surface area contributed by atoms with Crippen molar-refractivity contribution >= 4 is 39.7 Å². The van der Waals surface area contributed by atoms with Gasteiger partial charge in [0.25, 0.3) is 11.6 Å². The lowest BCUT2D eigenvalue weighted by atomic mass is 10.1. The maximum atomic E-state index is 13.1. The molecule has 1 atom stereocenters. The number of aromatic nitrogens is 1. The van der Waals surface area contributed by atoms with Gasteiger partial charge in [-0.15, -0.1) is 0 Å². The van der Waals surface area contributed by atoms with E-state index in [-0.39, 0.29) is 53.4 Å². The van der Waals surface area contributed by atoms with Crippen LogP contribution in [0.25, 0.3) is 0 Å². The first-order valence-electron chi connectivity index (χ1n) is 11.9. The first-order valence-corrected chi connectivity index (χ1v) is 12.7. The molecule has 1 aliphatic carbocycles. The van der Waals surface area contributed by atoms with E-state index in [0.29, 0.717) is 27.7 Å². The Morgan fingerprint density at radius 1 is 1.30 bits per heavy atom. The standard InChI is InChI=1S/C25H26N6O5S/c1-13(9-14-5-6-14)27-22(26)21-23(33)29-37-24(21)28-16-7-8-17(20(32)10-16)25(34)30-11-15-3-2-4-19(31(35)36)18(15)12-30/h2-4,7-8,10,13-14,28,32H,5-6,9,11-12H2,1H3,(H2,26,27)(H,29,33). The number of carbonyl (C=O) groups is 1. The number of nitrogens with one attached hydrogen (secondary N) is 3. The highest BCUT2D eigenvalue weighted by atomic mass is 32.1. The number of nitro groups is 1. The zero-order chi connectivity index (χ0) is 26.3. The van der Waals surface area contributed by atoms with Gasteiger partial charge in [-0.25, -0.2) is 0 Å². The van der Waals surface area contributed by atoms with E-state index >= 15 is 0 Å². The number of carbonyl (C=O) groups excluding carboxylic acids is 1. The average Bonchev–Trinajstić information content (AvgIpc) is 3.42. The maximum absolute atomic E-state index is 13.1. The molecule has 1 fully saturated rings. The predicted octanol–water partition coefficient (Wildman–Crippen LogP) is 4.47. The van der Waals surface area contributed by atoms with Gasteiger partial charge < -0.3 is 25.7 Å². The second-order valence-electron chi connectivity index (χ2n) is 9.50. The van der Waals surface area contributed by atoms with Gasteiger partial charge in [0.05, 0.1) is 22.6 Å². The van der Waals surface area contributed by atoms with E-state index in [1.807, 2.05) is 6.92 Å². The van der Waals surface area contributed by atoms with Gasteiger partial charge in [0.2, 0.25) is 5.88 Å². The smallest absolute Gasteiger partial charge is 0.274 e. The van der Waals surface area contributed by atoms with Crippen LogP contribution in [0.15, 0.2) is 36.4 Å². The Labute approximate surface area is 216 Å². The molecule has 2 heterocycles. The average molecular weight is 523 g/mol. The molecule has 0 bridgehead atoms. The van der Waals surface area contributed by atoms with E-state index in [4.69, 9.17) is 5.41 Å². The molecule has 1 amide bonds. The Bertz CT molecular complexity index is 1400. The second-order valence-corrected chi connectivity index (χ2v) is 10.3. The van der Waals surface area contributed by atoms with Crippen molar-refractivity contribution in [2.45, 2.75) is 45.3 Å². The molecule has 37 heavy (non-hydrogen) atoms. The third-order valence-electron chi connectivity index (χ3n) is 6.63. The van der Waals surface area contributed by atoms with Crippen LogP contribution in [0.1, 0.15) is 53.2 Å². The molecular weight excluding hydrogens is 496 g/mol. The number of hydrogen-bond acceptors (Lipinski definition) is 9. The summed E-state index contributed by atoms with van der Waals surface area (Å²) in [5.74, 6) is -0.220. The van der Waals surface area contributed by atoms with E-state index in [2.05, 4.69) is 15.0 Å². The number of hydrogen-bond donors (Lipinski definition) is 5. The number of nitro benzene ring substituents is 1. The van der Waals surface area contributed by atoms with Crippen LogP contribution in [-0.4, -0.2) is 42.2 Å². The van der Waals surface area contributed by atoms with Crippen molar-refractivity contribution in [3.05, 3.63) is 68.8 Å². The molecule has 0 spiro atoms. The molecule has 192 valence electrons. The van der Waals surface area contributed by atoms with Gasteiger partial charge in [-0.1, -0.05) is 25.0 Å². The Morgan fingerprint density at radius 2 is 2.08 bits per heavy atom. The molecule has 1 aliphatic heterocycles. The molecule has 12 heteroatoms. The van der Waals surface area contributed by atoms with Crippen molar-refractivity contribution in [1.29, 1.82) is 5.41 Å². The molecular formula is C25H26N6O5S. The van der Waals surface area contributed by atoms with E-state index in [0.717, 1.165) is 18.0 Å². The highest BCUT2D eigenvalue weighted by molar-refractivity contribution is 7.11. The molecule has 11 nitrogen and oxygen atoms in total. The summed E-state index contributed by atoms with van der Waals surface area (Å²) < 4.78 is 3.96. The number of anilines is 2. The molecule has 1 unspecified atom stereocenters. The maximum Gasteiger partial charge on any atom is 0.274 e. The minimum Gasteiger partial charge on any atom is -0.507 e. The number of amidine groups is 1. The SMILES string of the molecule is CC(CC1CC1)NC(=N)c1c(O)nsc1Nc1ccc(C(=O)N2Cc3cccc([N+](=O)[O-])c3C2)c(O)c1. The van der Waals surface area contributed by atoms with E-state index in [1.54, 1.807) is 18.2 Å². The molecule has 1 saturated carbocycles. The van der Waals surface area contributed by atoms with Gasteiger partial charge in [0, 0.05) is 30.4 Å². The van der Waals surface area contributed by atoms with Crippen molar-refractivity contribution in [2.24, 2.45) is 5.92 Å². The summed E-state index contributed by atoms with van der Waals surface area (Å²) in [6.45, 7) is 2.30. The Morgan fingerprint density at radius 3 is 2.78 bits per heavy atom. The van der Waals surface area contributed by atoms with Crippen LogP contribution in [0.2, 0.25) is 0 Å². The molecule has 3 aromatic rings. The summed E-state index contributed by atoms with van der Waals surface area (Å²) >= 11 is 0.982. The number of fused-ring (bicyclic) bond motifs is 1. The third-order valence-corrected chi connectivity index (χ3v) is 7.38. The highest BCUT2D eigenvalue weighted by Gasteiger charge is 2.31. The fourth-order valence-corrected chi connectivity index (χ4v) is 5.35. The largest absolute Gasteiger partial charge is 0.507 e. The Hall–Kier alpha value is -4.19. The van der Waals surface area contributed by atoms with Gasteiger partial charge in [0.15, 0.2) is 0 Å². The fourth-order valence-electron chi connectivity index (χ4n) is 4.63. The summed E-state index contributed by atoms with van der Waals surface area (Å²) in [7, 11) is 0. The van der Waals surface area contributed by atoms with Crippen LogP contribution < -0.4 is 10.6 Å². The van der Waals surface area contributed by atoms with Crippen molar-refractivity contribution in [1.82, 2.24) is 14.6 Å². The van der Waals surface area contributed by atoms with Crippen LogP contribution in [0, 0.1) is 21.4 Å². The molecule has 5 rings (SSSR count). The second kappa shape index (κ2) is 9.69. The number of phenols is 1. The summed E-state index contributed by atoms with van der Waals surface area (Å²) in [6.07, 6.45) is 3.39. The number of amides is 1. The molecule has 5 N–H and O–H groups in total. The quantitative estimate of drug-likeness (QED) is 0.125. The van der Waals surface area contributed by atoms with Crippen LogP contribution >= 0.6 is 11.5 Å². The van der Waals surface area contributed by atoms with Gasteiger partial charge in [-0.3, -0.25) is 20.3 Å². The van der Waals surface area contributed by atoms with E-state index in [1.165, 1.54) is 35.9 Å². The van der Waals surface area contributed by atoms with E-state index < -0.39 is 10.8 Å². The van der Waals surface area contributed by atoms with Crippen molar-refractivity contribution in [3.8, 4) is 11.6 Å². The highest BCUT2D eigenvalue weighted by Crippen LogP contribution is 2.36. The number of phenolic OH excluding ortho intramolecular Hbond substituents is 1. The number of nitrogens with zero attached hydrogens (tertiary/aromatic N) is 3. The first-order chi connectivity index (χ1) is 17.7. The van der Waals surface area contributed by atoms with Crippen LogP contribution in [0.4, 0.5) is 16.4 Å². The van der Waals surface area contributed by atoms with Crippen LogP contribution in [0.3, 0.4) is 0 Å². The first kappa shape index (κ1) is 24.5. The van der Waals surface area contributed by atoms with Gasteiger partial charge in [0.1, 0.15) is 22.1 Å². The van der Waals surface area contributed by atoms with Crippen molar-refractivity contribution < 1.29 is 19.9 Å². The minimum absolute atomic E-state index is 0.0258. The number of rotatable bonds is 8. The van der Waals surface area contributed by atoms with E-state index in [9.17, 15) is 25.1 Å². The van der Waals surface area contributed by atoms with Crippen molar-refractivity contribution in [3.63, 3.8) is 0 Å². The summed E-state index contributed by atoms with van der Waals surface area (Å²) in [4.78, 5) is 25.4. The third kappa shape index (κ3) is 5.05. The lowest BCUT2D eigenvalue weighted by Crippen LogP contribution is -2.33. The normalized spacial score (nSPS) is 15.2. The lowest BCUT2D eigenvalue weighted by molar-refractivity contribution is -0.385. The van der Waals surface area contributed by atoms with Crippen LogP contribution in [-0.2, 0) is 13.1 Å². The molecule has 2 aromatic carbocycles. The lowest BCUT2D eigenvalue weighted by Gasteiger charge is -2.17. The van der Waals surface area contributed by atoms with Crippen LogP contribution in [0.5, 0.6) is 11.6 Å². The summed E-state index contributed by atoms with van der Waals surface area (Å²) in [5.41, 5.74) is 1.93. The predicted molar refractivity (Wildman–Crippen MR) is 139 cm³/mol.